The Balaban J connectivity index is 1.66. The summed E-state index contributed by atoms with van der Waals surface area (Å²) in [5, 5.41) is 1.85. The number of rotatable bonds is 3. The molecule has 0 spiro atoms. The summed E-state index contributed by atoms with van der Waals surface area (Å²) in [5.74, 6) is 0.442. The lowest BCUT2D eigenvalue weighted by atomic mass is 9.88. The van der Waals surface area contributed by atoms with E-state index in [1.807, 2.05) is 66.9 Å². The van der Waals surface area contributed by atoms with Gasteiger partial charge in [-0.15, -0.1) is 11.3 Å². The van der Waals surface area contributed by atoms with Gasteiger partial charge in [-0.1, -0.05) is 43.3 Å². The van der Waals surface area contributed by atoms with Crippen LogP contribution in [0.15, 0.2) is 66.0 Å². The molecule has 0 aliphatic carbocycles. The van der Waals surface area contributed by atoms with Gasteiger partial charge in [-0.05, 0) is 48.6 Å². The van der Waals surface area contributed by atoms with E-state index in [0.717, 1.165) is 17.7 Å². The van der Waals surface area contributed by atoms with E-state index in [-0.39, 0.29) is 18.0 Å². The van der Waals surface area contributed by atoms with E-state index in [9.17, 15) is 9.59 Å². The Labute approximate surface area is 179 Å². The fraction of sp³-hybridized carbons (Fsp3) is 0.250. The number of carbonyl (C=O) groups excluding carboxylic acids is 2. The van der Waals surface area contributed by atoms with Crippen LogP contribution in [-0.4, -0.2) is 22.6 Å². The average Bonchev–Trinajstić information content (AvgIpc) is 3.28. The number of aryl methyl sites for hydroxylation is 1. The predicted molar refractivity (Wildman–Crippen MR) is 117 cm³/mol. The Kier molecular flexibility index (Phi) is 4.40. The number of anilines is 1. The number of hydrogen-bond donors (Lipinski definition) is 0. The van der Waals surface area contributed by atoms with Crippen LogP contribution in [0.25, 0.3) is 0 Å². The lowest BCUT2D eigenvalue weighted by Gasteiger charge is -2.53. The molecule has 1 fully saturated rings. The SMILES string of the molecule is CCc1ccc(N2C(=O)N(C(=O)c3cccs3)C3CC2(C)Oc2ccccc23)cc1. The maximum atomic E-state index is 13.8. The lowest BCUT2D eigenvalue weighted by Crippen LogP contribution is -2.67. The van der Waals surface area contributed by atoms with Gasteiger partial charge < -0.3 is 4.74 Å². The summed E-state index contributed by atoms with van der Waals surface area (Å²) in [4.78, 5) is 30.8. The van der Waals surface area contributed by atoms with Crippen LogP contribution in [0.3, 0.4) is 0 Å². The first-order chi connectivity index (χ1) is 14.5. The highest BCUT2D eigenvalue weighted by molar-refractivity contribution is 7.12. The molecule has 3 heterocycles. The van der Waals surface area contributed by atoms with E-state index in [4.69, 9.17) is 4.74 Å². The number of carbonyl (C=O) groups is 2. The quantitative estimate of drug-likeness (QED) is 0.554. The van der Waals surface area contributed by atoms with Crippen molar-refractivity contribution in [2.75, 3.05) is 4.90 Å². The molecule has 3 aromatic rings. The van der Waals surface area contributed by atoms with Gasteiger partial charge in [0.05, 0.1) is 10.9 Å². The molecule has 5 rings (SSSR count). The van der Waals surface area contributed by atoms with E-state index >= 15 is 0 Å². The zero-order chi connectivity index (χ0) is 20.9. The minimum absolute atomic E-state index is 0.270. The Bertz CT molecular complexity index is 1110. The van der Waals surface area contributed by atoms with Crippen LogP contribution in [0.4, 0.5) is 10.5 Å². The van der Waals surface area contributed by atoms with E-state index in [0.29, 0.717) is 17.0 Å². The van der Waals surface area contributed by atoms with Crippen LogP contribution in [0.5, 0.6) is 5.75 Å². The van der Waals surface area contributed by atoms with Gasteiger partial charge in [0.25, 0.3) is 5.91 Å². The van der Waals surface area contributed by atoms with Gasteiger partial charge in [0.1, 0.15) is 5.75 Å². The number of hydrogen-bond acceptors (Lipinski definition) is 4. The highest BCUT2D eigenvalue weighted by Gasteiger charge is 2.55. The third kappa shape index (κ3) is 2.82. The van der Waals surface area contributed by atoms with Gasteiger partial charge in [-0.3, -0.25) is 14.6 Å². The van der Waals surface area contributed by atoms with Gasteiger partial charge in [0.15, 0.2) is 5.72 Å². The van der Waals surface area contributed by atoms with E-state index in [1.54, 1.807) is 11.0 Å². The van der Waals surface area contributed by atoms with Crippen molar-refractivity contribution in [3.05, 3.63) is 82.0 Å². The standard InChI is InChI=1S/C24H22N2O3S/c1-3-16-10-12-17(13-11-16)26-23(28)25(22(27)21-9-6-14-30-21)19-15-24(26,2)29-20-8-5-4-7-18(19)20/h4-14,19H,3,15H2,1-2H3. The van der Waals surface area contributed by atoms with E-state index in [2.05, 4.69) is 6.92 Å². The van der Waals surface area contributed by atoms with Crippen molar-refractivity contribution in [2.45, 2.75) is 38.5 Å². The third-order valence-corrected chi connectivity index (χ3v) is 6.77. The summed E-state index contributed by atoms with van der Waals surface area (Å²) in [6, 6.07) is 18.4. The van der Waals surface area contributed by atoms with Crippen LogP contribution < -0.4 is 9.64 Å². The number of fused-ring (bicyclic) bond motifs is 4. The second-order valence-electron chi connectivity index (χ2n) is 7.83. The highest BCUT2D eigenvalue weighted by Crippen LogP contribution is 2.49. The number of nitrogens with zero attached hydrogens (tertiary/aromatic N) is 2. The number of para-hydroxylation sites is 1. The fourth-order valence-electron chi connectivity index (χ4n) is 4.42. The minimum atomic E-state index is -0.879. The van der Waals surface area contributed by atoms with E-state index < -0.39 is 5.72 Å². The molecule has 5 nitrogen and oxygen atoms in total. The molecule has 2 aromatic carbocycles. The molecule has 1 aromatic heterocycles. The molecule has 30 heavy (non-hydrogen) atoms. The molecule has 2 aliphatic rings. The summed E-state index contributed by atoms with van der Waals surface area (Å²) in [7, 11) is 0. The maximum Gasteiger partial charge on any atom is 0.335 e. The zero-order valence-corrected chi connectivity index (χ0v) is 17.7. The van der Waals surface area contributed by atoms with Gasteiger partial charge in [-0.2, -0.15) is 0 Å². The largest absolute Gasteiger partial charge is 0.467 e. The topological polar surface area (TPSA) is 49.9 Å². The first kappa shape index (κ1) is 18.9. The molecule has 0 saturated carbocycles. The van der Waals surface area contributed by atoms with Crippen LogP contribution in [0.1, 0.15) is 47.1 Å². The molecule has 2 bridgehead atoms. The molecule has 1 saturated heterocycles. The van der Waals surface area contributed by atoms with Gasteiger partial charge in [0.2, 0.25) is 0 Å². The average molecular weight is 419 g/mol. The molecular weight excluding hydrogens is 396 g/mol. The number of ether oxygens (including phenoxy) is 1. The lowest BCUT2D eigenvalue weighted by molar-refractivity contribution is 0.00284. The van der Waals surface area contributed by atoms with Crippen LogP contribution in [0, 0.1) is 0 Å². The first-order valence-electron chi connectivity index (χ1n) is 10.1. The molecule has 2 atom stereocenters. The number of benzene rings is 2. The Morgan fingerprint density at radius 3 is 2.60 bits per heavy atom. The minimum Gasteiger partial charge on any atom is -0.467 e. The first-order valence-corrected chi connectivity index (χ1v) is 11.0. The molecular formula is C24H22N2O3S. The number of imide groups is 1. The van der Waals surface area contributed by atoms with Crippen LogP contribution in [0.2, 0.25) is 0 Å². The van der Waals surface area contributed by atoms with Crippen molar-refractivity contribution in [1.82, 2.24) is 4.90 Å². The summed E-state index contributed by atoms with van der Waals surface area (Å²) >= 11 is 1.35. The van der Waals surface area contributed by atoms with Crippen molar-refractivity contribution >= 4 is 29.0 Å². The fourth-order valence-corrected chi connectivity index (χ4v) is 5.08. The number of amides is 3. The number of urea groups is 1. The third-order valence-electron chi connectivity index (χ3n) is 5.92. The predicted octanol–water partition coefficient (Wildman–Crippen LogP) is 5.63. The molecule has 2 aliphatic heterocycles. The Morgan fingerprint density at radius 1 is 1.13 bits per heavy atom. The Hall–Kier alpha value is -3.12. The molecule has 6 heteroatoms. The molecule has 2 unspecified atom stereocenters. The van der Waals surface area contributed by atoms with Crippen LogP contribution >= 0.6 is 11.3 Å². The van der Waals surface area contributed by atoms with Crippen molar-refractivity contribution in [3.8, 4) is 5.75 Å². The molecule has 0 N–H and O–H groups in total. The summed E-state index contributed by atoms with van der Waals surface area (Å²) < 4.78 is 6.37. The zero-order valence-electron chi connectivity index (χ0n) is 16.9. The second kappa shape index (κ2) is 6.99. The molecule has 3 amide bonds. The van der Waals surface area contributed by atoms with Crippen molar-refractivity contribution in [1.29, 1.82) is 0 Å². The summed E-state index contributed by atoms with van der Waals surface area (Å²) in [6.07, 6.45) is 1.42. The van der Waals surface area contributed by atoms with Crippen molar-refractivity contribution < 1.29 is 14.3 Å². The Morgan fingerprint density at radius 2 is 1.90 bits per heavy atom. The monoisotopic (exact) mass is 418 g/mol. The van der Waals surface area contributed by atoms with Crippen LogP contribution in [-0.2, 0) is 6.42 Å². The van der Waals surface area contributed by atoms with Gasteiger partial charge in [0, 0.05) is 17.7 Å². The molecule has 0 radical (unpaired) electrons. The van der Waals surface area contributed by atoms with Gasteiger partial charge >= 0.3 is 6.03 Å². The summed E-state index contributed by atoms with van der Waals surface area (Å²) in [5.41, 5.74) is 1.90. The second-order valence-corrected chi connectivity index (χ2v) is 8.77. The van der Waals surface area contributed by atoms with E-state index in [1.165, 1.54) is 21.8 Å². The maximum absolute atomic E-state index is 13.8. The normalized spacial score (nSPS) is 22.5. The highest BCUT2D eigenvalue weighted by atomic mass is 32.1. The van der Waals surface area contributed by atoms with Gasteiger partial charge in [-0.25, -0.2) is 4.79 Å². The number of thiophene rings is 1. The van der Waals surface area contributed by atoms with Crippen molar-refractivity contribution in [2.24, 2.45) is 0 Å². The molecule has 152 valence electrons. The van der Waals surface area contributed by atoms with Crippen molar-refractivity contribution in [3.63, 3.8) is 0 Å². The smallest absolute Gasteiger partial charge is 0.335 e. The summed E-state index contributed by atoms with van der Waals surface area (Å²) in [6.45, 7) is 4.02.